The summed E-state index contributed by atoms with van der Waals surface area (Å²) in [5.41, 5.74) is 9.84. The van der Waals surface area contributed by atoms with E-state index in [0.717, 1.165) is 24.3 Å². The molecule has 1 aliphatic heterocycles. The van der Waals surface area contributed by atoms with E-state index >= 15 is 0 Å². The molecule has 0 bridgehead atoms. The minimum Gasteiger partial charge on any atom is -0.495 e. The molecule has 0 aromatic heterocycles. The van der Waals surface area contributed by atoms with Gasteiger partial charge < -0.3 is 20.7 Å². The quantitative estimate of drug-likeness (QED) is 0.755. The van der Waals surface area contributed by atoms with Crippen LogP contribution < -0.4 is 20.7 Å². The molecule has 1 heterocycles. The zero-order valence-corrected chi connectivity index (χ0v) is 16.6. The summed E-state index contributed by atoms with van der Waals surface area (Å²) < 4.78 is 5.15. The minimum atomic E-state index is -0.120. The largest absolute Gasteiger partial charge is 0.495 e. The molecule has 1 amide bonds. The van der Waals surface area contributed by atoms with Gasteiger partial charge in [-0.05, 0) is 50.1 Å². The summed E-state index contributed by atoms with van der Waals surface area (Å²) in [6.07, 6.45) is 2.34. The first kappa shape index (κ1) is 21.9. The van der Waals surface area contributed by atoms with Gasteiger partial charge in [0.2, 0.25) is 0 Å². The first-order valence-electron chi connectivity index (χ1n) is 8.19. The van der Waals surface area contributed by atoms with Gasteiger partial charge in [0.15, 0.2) is 0 Å². The van der Waals surface area contributed by atoms with Crippen molar-refractivity contribution in [3.63, 3.8) is 0 Å². The van der Waals surface area contributed by atoms with Crippen LogP contribution in [0.25, 0.3) is 0 Å². The molecule has 1 aliphatic rings. The maximum atomic E-state index is 12.8. The van der Waals surface area contributed by atoms with Crippen LogP contribution in [0.4, 0.5) is 17.1 Å². The van der Waals surface area contributed by atoms with Crippen molar-refractivity contribution in [2.24, 2.45) is 0 Å². The number of aryl methyl sites for hydroxylation is 1. The van der Waals surface area contributed by atoms with Crippen molar-refractivity contribution in [2.75, 3.05) is 36.1 Å². The number of benzene rings is 2. The summed E-state index contributed by atoms with van der Waals surface area (Å²) in [7, 11) is 1.57. The number of halogens is 2. The summed E-state index contributed by atoms with van der Waals surface area (Å²) in [5, 5.41) is 2.94. The fourth-order valence-electron chi connectivity index (χ4n) is 3.08. The zero-order chi connectivity index (χ0) is 17.1. The van der Waals surface area contributed by atoms with Crippen molar-refractivity contribution in [3.8, 4) is 5.75 Å². The van der Waals surface area contributed by atoms with E-state index in [0.29, 0.717) is 22.7 Å². The average molecular weight is 398 g/mol. The number of nitrogen functional groups attached to an aromatic ring is 1. The highest BCUT2D eigenvalue weighted by atomic mass is 35.5. The number of anilines is 3. The highest BCUT2D eigenvalue weighted by Crippen LogP contribution is 2.28. The van der Waals surface area contributed by atoms with Crippen LogP contribution in [0, 0.1) is 6.92 Å². The van der Waals surface area contributed by atoms with Crippen molar-refractivity contribution in [2.45, 2.75) is 19.8 Å². The number of nitrogens with two attached hydrogens (primary N) is 1. The molecule has 7 heteroatoms. The molecule has 2 aromatic rings. The van der Waals surface area contributed by atoms with Gasteiger partial charge >= 0.3 is 0 Å². The number of amides is 1. The van der Waals surface area contributed by atoms with Gasteiger partial charge in [-0.2, -0.15) is 0 Å². The minimum absolute atomic E-state index is 0. The smallest absolute Gasteiger partial charge is 0.257 e. The molecule has 0 aliphatic carbocycles. The van der Waals surface area contributed by atoms with Crippen LogP contribution in [0.3, 0.4) is 0 Å². The second-order valence-electron chi connectivity index (χ2n) is 6.13. The third kappa shape index (κ3) is 4.74. The topological polar surface area (TPSA) is 67.6 Å². The Labute approximate surface area is 166 Å². The van der Waals surface area contributed by atoms with Crippen LogP contribution in [-0.2, 0) is 0 Å². The highest BCUT2D eigenvalue weighted by molar-refractivity contribution is 6.08. The van der Waals surface area contributed by atoms with Crippen LogP contribution in [-0.4, -0.2) is 26.1 Å². The van der Waals surface area contributed by atoms with Gasteiger partial charge in [0, 0.05) is 24.5 Å². The van der Waals surface area contributed by atoms with E-state index in [4.69, 9.17) is 10.5 Å². The molecule has 3 rings (SSSR count). The van der Waals surface area contributed by atoms with E-state index in [2.05, 4.69) is 16.3 Å². The Morgan fingerprint density at radius 1 is 1.12 bits per heavy atom. The molecular weight excluding hydrogens is 373 g/mol. The lowest BCUT2D eigenvalue weighted by Crippen LogP contribution is -2.23. The number of ether oxygens (including phenoxy) is 1. The molecule has 0 saturated carbocycles. The Balaban J connectivity index is 0.00000169. The fraction of sp³-hybridized carbons (Fsp3) is 0.316. The van der Waals surface area contributed by atoms with E-state index in [-0.39, 0.29) is 30.7 Å². The molecule has 0 atom stereocenters. The van der Waals surface area contributed by atoms with E-state index in [1.165, 1.54) is 12.8 Å². The maximum absolute atomic E-state index is 12.8. The van der Waals surface area contributed by atoms with Crippen LogP contribution in [0.5, 0.6) is 5.75 Å². The number of carbonyl (C=O) groups is 1. The van der Waals surface area contributed by atoms with Crippen molar-refractivity contribution >= 4 is 47.8 Å². The molecule has 0 unspecified atom stereocenters. The van der Waals surface area contributed by atoms with E-state index in [1.807, 2.05) is 19.1 Å². The maximum Gasteiger partial charge on any atom is 0.257 e. The number of hydrogen-bond donors (Lipinski definition) is 2. The fourth-order valence-corrected chi connectivity index (χ4v) is 3.08. The van der Waals surface area contributed by atoms with Gasteiger partial charge in [-0.15, -0.1) is 24.8 Å². The molecule has 1 saturated heterocycles. The Bertz CT molecular complexity index is 762. The average Bonchev–Trinajstić information content (AvgIpc) is 3.09. The number of hydrogen-bond acceptors (Lipinski definition) is 4. The second kappa shape index (κ2) is 9.55. The predicted octanol–water partition coefficient (Wildman–Crippen LogP) is 4.28. The Morgan fingerprint density at radius 3 is 2.42 bits per heavy atom. The highest BCUT2D eigenvalue weighted by Gasteiger charge is 2.20. The van der Waals surface area contributed by atoms with Crippen LogP contribution in [0.1, 0.15) is 28.8 Å². The number of nitrogens with zero attached hydrogens (tertiary/aromatic N) is 1. The molecule has 3 N–H and O–H groups in total. The van der Waals surface area contributed by atoms with E-state index < -0.39 is 0 Å². The first-order chi connectivity index (χ1) is 11.6. The van der Waals surface area contributed by atoms with Crippen molar-refractivity contribution in [1.29, 1.82) is 0 Å². The zero-order valence-electron chi connectivity index (χ0n) is 15.0. The monoisotopic (exact) mass is 397 g/mol. The molecule has 0 radical (unpaired) electrons. The summed E-state index contributed by atoms with van der Waals surface area (Å²) >= 11 is 0. The molecule has 5 nitrogen and oxygen atoms in total. The normalized spacial score (nSPS) is 12.8. The molecule has 142 valence electrons. The summed E-state index contributed by atoms with van der Waals surface area (Å²) in [4.78, 5) is 15.1. The third-order valence-corrected chi connectivity index (χ3v) is 4.33. The molecule has 2 aromatic carbocycles. The lowest BCUT2D eigenvalue weighted by molar-refractivity contribution is 0.102. The number of rotatable bonds is 4. The van der Waals surface area contributed by atoms with Crippen LogP contribution in [0.15, 0.2) is 36.4 Å². The lowest BCUT2D eigenvalue weighted by atomic mass is 10.1. The Hall–Kier alpha value is -2.11. The first-order valence-corrected chi connectivity index (χ1v) is 8.19. The standard InChI is InChI=1S/C19H23N3O2.2ClH/c1-13-5-7-17(22-9-3-4-10-22)15(11-13)19(23)21-14-6-8-18(24-2)16(20)12-14;;/h5-8,11-12H,3-4,9-10,20H2,1-2H3,(H,21,23);2*1H. The van der Waals surface area contributed by atoms with Gasteiger partial charge in [0.1, 0.15) is 5.75 Å². The molecular formula is C19H25Cl2N3O2. The second-order valence-corrected chi connectivity index (χ2v) is 6.13. The van der Waals surface area contributed by atoms with Crippen molar-refractivity contribution in [3.05, 3.63) is 47.5 Å². The number of methoxy groups -OCH3 is 1. The number of nitrogens with one attached hydrogen (secondary N) is 1. The lowest BCUT2D eigenvalue weighted by Gasteiger charge is -2.21. The van der Waals surface area contributed by atoms with Crippen LogP contribution in [0.2, 0.25) is 0 Å². The SMILES string of the molecule is COc1ccc(NC(=O)c2cc(C)ccc2N2CCCC2)cc1N.Cl.Cl. The van der Waals surface area contributed by atoms with E-state index in [1.54, 1.807) is 25.3 Å². The van der Waals surface area contributed by atoms with Crippen LogP contribution >= 0.6 is 24.8 Å². The van der Waals surface area contributed by atoms with Gasteiger partial charge in [0.25, 0.3) is 5.91 Å². The summed E-state index contributed by atoms with van der Waals surface area (Å²) in [6, 6.07) is 11.3. The summed E-state index contributed by atoms with van der Waals surface area (Å²) in [6.45, 7) is 3.99. The van der Waals surface area contributed by atoms with Crippen molar-refractivity contribution < 1.29 is 9.53 Å². The van der Waals surface area contributed by atoms with Gasteiger partial charge in [0.05, 0.1) is 18.4 Å². The summed E-state index contributed by atoms with van der Waals surface area (Å²) in [5.74, 6) is 0.478. The van der Waals surface area contributed by atoms with Gasteiger partial charge in [-0.3, -0.25) is 4.79 Å². The van der Waals surface area contributed by atoms with Crippen molar-refractivity contribution in [1.82, 2.24) is 0 Å². The van der Waals surface area contributed by atoms with E-state index in [9.17, 15) is 4.79 Å². The molecule has 0 spiro atoms. The predicted molar refractivity (Wildman–Crippen MR) is 112 cm³/mol. The Kier molecular flexibility index (Phi) is 8.06. The molecule has 26 heavy (non-hydrogen) atoms. The third-order valence-electron chi connectivity index (χ3n) is 4.33. The van der Waals surface area contributed by atoms with Gasteiger partial charge in [-0.1, -0.05) is 11.6 Å². The Morgan fingerprint density at radius 2 is 1.81 bits per heavy atom. The van der Waals surface area contributed by atoms with Gasteiger partial charge in [-0.25, -0.2) is 0 Å². The number of carbonyl (C=O) groups excluding carboxylic acids is 1. The molecule has 1 fully saturated rings.